The Bertz CT molecular complexity index is 483. The van der Waals surface area contributed by atoms with Gasteiger partial charge in [-0.3, -0.25) is 9.69 Å². The van der Waals surface area contributed by atoms with Crippen molar-refractivity contribution in [3.63, 3.8) is 0 Å². The van der Waals surface area contributed by atoms with Gasteiger partial charge in [0.05, 0.1) is 18.8 Å². The second-order valence-corrected chi connectivity index (χ2v) is 5.78. The lowest BCUT2D eigenvalue weighted by atomic mass is 9.98. The molecule has 1 heterocycles. The summed E-state index contributed by atoms with van der Waals surface area (Å²) in [5, 5.41) is 6.20. The number of hydrogen-bond acceptors (Lipinski definition) is 4. The van der Waals surface area contributed by atoms with E-state index >= 15 is 0 Å². The molecule has 1 saturated heterocycles. The Labute approximate surface area is 145 Å². The summed E-state index contributed by atoms with van der Waals surface area (Å²) in [7, 11) is 1.98. The summed E-state index contributed by atoms with van der Waals surface area (Å²) in [4.78, 5) is 14.5. The van der Waals surface area contributed by atoms with Gasteiger partial charge in [-0.25, -0.2) is 0 Å². The lowest BCUT2D eigenvalue weighted by Crippen LogP contribution is -2.42. The predicted octanol–water partition coefficient (Wildman–Crippen LogP) is 2.38. The van der Waals surface area contributed by atoms with Crippen LogP contribution in [0.2, 0.25) is 0 Å². The number of para-hydroxylation sites is 2. The average Bonchev–Trinajstić information content (AvgIpc) is 2.50. The number of carbonyl (C=O) groups excluding carboxylic acids is 1. The van der Waals surface area contributed by atoms with Gasteiger partial charge in [-0.2, -0.15) is 0 Å². The zero-order valence-electron chi connectivity index (χ0n) is 14.0. The Kier molecular flexibility index (Phi) is 8.99. The molecule has 0 radical (unpaired) electrons. The molecule has 0 aromatic heterocycles. The van der Waals surface area contributed by atoms with Crippen molar-refractivity contribution >= 4 is 24.0 Å². The second-order valence-electron chi connectivity index (χ2n) is 5.78. The van der Waals surface area contributed by atoms with Gasteiger partial charge in [0.1, 0.15) is 5.75 Å². The van der Waals surface area contributed by atoms with Crippen LogP contribution in [0.25, 0.3) is 0 Å². The van der Waals surface area contributed by atoms with Gasteiger partial charge < -0.3 is 15.4 Å². The summed E-state index contributed by atoms with van der Waals surface area (Å²) in [6, 6.07) is 7.57. The van der Waals surface area contributed by atoms with Crippen molar-refractivity contribution < 1.29 is 9.53 Å². The fraction of sp³-hybridized carbons (Fsp3) is 0.588. The molecule has 0 saturated carbocycles. The number of anilines is 1. The van der Waals surface area contributed by atoms with Gasteiger partial charge in [0, 0.05) is 6.54 Å². The molecular weight excluding hydrogens is 314 g/mol. The molecule has 0 bridgehead atoms. The van der Waals surface area contributed by atoms with Crippen LogP contribution in [0.3, 0.4) is 0 Å². The Balaban J connectivity index is 0.00000264. The zero-order valence-corrected chi connectivity index (χ0v) is 14.8. The van der Waals surface area contributed by atoms with Crippen molar-refractivity contribution in [1.29, 1.82) is 0 Å². The molecule has 0 spiro atoms. The van der Waals surface area contributed by atoms with Gasteiger partial charge in [0.25, 0.3) is 0 Å². The number of amides is 1. The maximum atomic E-state index is 12.3. The Hall–Kier alpha value is -1.30. The highest BCUT2D eigenvalue weighted by Gasteiger charge is 2.21. The molecule has 1 unspecified atom stereocenters. The largest absolute Gasteiger partial charge is 0.492 e. The molecule has 1 fully saturated rings. The molecule has 1 amide bonds. The standard InChI is InChI=1S/C17H27N3O2.ClH/c1-3-22-16-9-5-4-8-15(16)19-17(21)13-20-10-6-7-14(12-20)11-18-2;/h4-5,8-9,14,18H,3,6-7,10-13H2,1-2H3,(H,19,21);1H. The van der Waals surface area contributed by atoms with Crippen LogP contribution in [0.1, 0.15) is 19.8 Å². The number of benzene rings is 1. The minimum absolute atomic E-state index is 0. The van der Waals surface area contributed by atoms with Gasteiger partial charge in [-0.05, 0) is 58.0 Å². The number of likely N-dealkylation sites (tertiary alicyclic amines) is 1. The molecule has 130 valence electrons. The molecule has 1 aromatic rings. The van der Waals surface area contributed by atoms with E-state index in [-0.39, 0.29) is 18.3 Å². The molecule has 1 aromatic carbocycles. The van der Waals surface area contributed by atoms with Crippen LogP contribution in [-0.4, -0.2) is 50.6 Å². The van der Waals surface area contributed by atoms with Gasteiger partial charge in [0.15, 0.2) is 0 Å². The second kappa shape index (κ2) is 10.5. The molecule has 1 atom stereocenters. The number of rotatable bonds is 7. The maximum absolute atomic E-state index is 12.3. The number of piperidine rings is 1. The minimum Gasteiger partial charge on any atom is -0.492 e. The van der Waals surface area contributed by atoms with Gasteiger partial charge in [-0.1, -0.05) is 12.1 Å². The number of hydrogen-bond donors (Lipinski definition) is 2. The van der Waals surface area contributed by atoms with E-state index < -0.39 is 0 Å². The molecule has 23 heavy (non-hydrogen) atoms. The first-order chi connectivity index (χ1) is 10.7. The number of halogens is 1. The van der Waals surface area contributed by atoms with E-state index in [1.165, 1.54) is 6.42 Å². The quantitative estimate of drug-likeness (QED) is 0.799. The van der Waals surface area contributed by atoms with Crippen LogP contribution in [-0.2, 0) is 4.79 Å². The first kappa shape index (κ1) is 19.7. The minimum atomic E-state index is 0. The number of nitrogens with zero attached hydrogens (tertiary/aromatic N) is 1. The Morgan fingerprint density at radius 2 is 2.17 bits per heavy atom. The summed E-state index contributed by atoms with van der Waals surface area (Å²) in [6.07, 6.45) is 2.40. The van der Waals surface area contributed by atoms with Crippen molar-refractivity contribution in [2.75, 3.05) is 45.2 Å². The first-order valence-electron chi connectivity index (χ1n) is 8.11. The molecule has 1 aliphatic heterocycles. The van der Waals surface area contributed by atoms with Crippen molar-refractivity contribution in [2.45, 2.75) is 19.8 Å². The molecular formula is C17H28ClN3O2. The molecule has 1 aliphatic rings. The number of ether oxygens (including phenoxy) is 1. The zero-order chi connectivity index (χ0) is 15.8. The van der Waals surface area contributed by atoms with Crippen LogP contribution in [0, 0.1) is 5.92 Å². The topological polar surface area (TPSA) is 53.6 Å². The van der Waals surface area contributed by atoms with Gasteiger partial charge in [0.2, 0.25) is 5.91 Å². The molecule has 6 heteroatoms. The Morgan fingerprint density at radius 3 is 2.91 bits per heavy atom. The summed E-state index contributed by atoms with van der Waals surface area (Å²) >= 11 is 0. The van der Waals surface area contributed by atoms with Crippen LogP contribution in [0.5, 0.6) is 5.75 Å². The van der Waals surface area contributed by atoms with Crippen LogP contribution in [0.4, 0.5) is 5.69 Å². The molecule has 0 aliphatic carbocycles. The lowest BCUT2D eigenvalue weighted by Gasteiger charge is -2.32. The third kappa shape index (κ3) is 6.37. The average molecular weight is 342 g/mol. The van der Waals surface area contributed by atoms with E-state index in [1.54, 1.807) is 0 Å². The van der Waals surface area contributed by atoms with E-state index in [1.807, 2.05) is 38.2 Å². The summed E-state index contributed by atoms with van der Waals surface area (Å²) in [5.74, 6) is 1.39. The molecule has 2 N–H and O–H groups in total. The van der Waals surface area contributed by atoms with E-state index in [4.69, 9.17) is 4.74 Å². The number of nitrogens with one attached hydrogen (secondary N) is 2. The van der Waals surface area contributed by atoms with E-state index in [0.29, 0.717) is 19.1 Å². The van der Waals surface area contributed by atoms with Crippen LogP contribution >= 0.6 is 12.4 Å². The molecule has 5 nitrogen and oxygen atoms in total. The van der Waals surface area contributed by atoms with Crippen molar-refractivity contribution in [2.24, 2.45) is 5.92 Å². The van der Waals surface area contributed by atoms with E-state index in [9.17, 15) is 4.79 Å². The third-order valence-electron chi connectivity index (χ3n) is 3.92. The van der Waals surface area contributed by atoms with E-state index in [0.717, 1.165) is 37.5 Å². The van der Waals surface area contributed by atoms with Crippen molar-refractivity contribution in [1.82, 2.24) is 10.2 Å². The normalized spacial score (nSPS) is 18.1. The van der Waals surface area contributed by atoms with Crippen LogP contribution < -0.4 is 15.4 Å². The maximum Gasteiger partial charge on any atom is 0.238 e. The highest BCUT2D eigenvalue weighted by atomic mass is 35.5. The van der Waals surface area contributed by atoms with E-state index in [2.05, 4.69) is 15.5 Å². The van der Waals surface area contributed by atoms with Crippen LogP contribution in [0.15, 0.2) is 24.3 Å². The van der Waals surface area contributed by atoms with Gasteiger partial charge in [-0.15, -0.1) is 12.4 Å². The smallest absolute Gasteiger partial charge is 0.238 e. The Morgan fingerprint density at radius 1 is 1.39 bits per heavy atom. The van der Waals surface area contributed by atoms with Gasteiger partial charge >= 0.3 is 0 Å². The lowest BCUT2D eigenvalue weighted by molar-refractivity contribution is -0.117. The highest BCUT2D eigenvalue weighted by Crippen LogP contribution is 2.23. The molecule has 2 rings (SSSR count). The summed E-state index contributed by atoms with van der Waals surface area (Å²) in [6.45, 7) is 5.98. The fourth-order valence-electron chi connectivity index (χ4n) is 2.99. The van der Waals surface area contributed by atoms with Crippen molar-refractivity contribution in [3.8, 4) is 5.75 Å². The summed E-state index contributed by atoms with van der Waals surface area (Å²) in [5.41, 5.74) is 0.748. The fourth-order valence-corrected chi connectivity index (χ4v) is 2.99. The highest BCUT2D eigenvalue weighted by molar-refractivity contribution is 5.93. The summed E-state index contributed by atoms with van der Waals surface area (Å²) < 4.78 is 5.54. The predicted molar refractivity (Wildman–Crippen MR) is 96.6 cm³/mol. The monoisotopic (exact) mass is 341 g/mol. The third-order valence-corrected chi connectivity index (χ3v) is 3.92. The number of carbonyl (C=O) groups is 1. The first-order valence-corrected chi connectivity index (χ1v) is 8.11. The SMILES string of the molecule is CCOc1ccccc1NC(=O)CN1CCCC(CNC)C1.Cl. The van der Waals surface area contributed by atoms with Crippen molar-refractivity contribution in [3.05, 3.63) is 24.3 Å².